The maximum atomic E-state index is 5.46. The van der Waals surface area contributed by atoms with Crippen LogP contribution < -0.4 is 5.73 Å². The van der Waals surface area contributed by atoms with Gasteiger partial charge in [0.15, 0.2) is 0 Å². The Hall–Kier alpha value is -1.76. The normalized spacial score (nSPS) is 11.0. The van der Waals surface area contributed by atoms with Crippen LogP contribution in [0.1, 0.15) is 5.56 Å². The van der Waals surface area contributed by atoms with Crippen LogP contribution in [0.4, 0.5) is 0 Å². The first-order valence-corrected chi connectivity index (χ1v) is 7.12. The van der Waals surface area contributed by atoms with Gasteiger partial charge in [-0.1, -0.05) is 35.0 Å². The fraction of sp³-hybridized carbons (Fsp3) is 0.467. The Labute approximate surface area is 124 Å². The van der Waals surface area contributed by atoms with Gasteiger partial charge in [-0.2, -0.15) is 0 Å². The predicted octanol–water partition coefficient (Wildman–Crippen LogP) is 1.25. The molecule has 114 valence electrons. The number of nitrogens with two attached hydrogens (primary N) is 1. The molecule has 1 heterocycles. The Bertz CT molecular complexity index is 525. The minimum absolute atomic E-state index is 0.542. The van der Waals surface area contributed by atoms with Crippen LogP contribution in [0, 0.1) is 6.92 Å². The van der Waals surface area contributed by atoms with Crippen LogP contribution >= 0.6 is 0 Å². The fourth-order valence-electron chi connectivity index (χ4n) is 1.83. The molecule has 0 spiro atoms. The van der Waals surface area contributed by atoms with Crippen molar-refractivity contribution >= 4 is 0 Å². The van der Waals surface area contributed by atoms with Crippen LogP contribution in [0.15, 0.2) is 30.5 Å². The number of aryl methyl sites for hydroxylation is 1. The van der Waals surface area contributed by atoms with Crippen molar-refractivity contribution in [3.63, 3.8) is 0 Å². The summed E-state index contributed by atoms with van der Waals surface area (Å²) in [6, 6.07) is 8.24. The molecule has 6 heteroatoms. The van der Waals surface area contributed by atoms with E-state index in [-0.39, 0.29) is 0 Å². The van der Waals surface area contributed by atoms with Gasteiger partial charge >= 0.3 is 0 Å². The van der Waals surface area contributed by atoms with Gasteiger partial charge in [-0.25, -0.2) is 4.68 Å². The van der Waals surface area contributed by atoms with Crippen LogP contribution in [0.2, 0.25) is 0 Å². The van der Waals surface area contributed by atoms with Gasteiger partial charge in [0.2, 0.25) is 0 Å². The quantitative estimate of drug-likeness (QED) is 0.703. The third kappa shape index (κ3) is 5.26. The maximum Gasteiger partial charge on any atom is 0.113 e. The summed E-state index contributed by atoms with van der Waals surface area (Å²) in [5.41, 5.74) is 8.50. The SMILES string of the molecule is Cc1ccc(-c2cn(CCOCCOCCN)nn2)cc1. The van der Waals surface area contributed by atoms with E-state index in [0.29, 0.717) is 39.5 Å². The van der Waals surface area contributed by atoms with Gasteiger partial charge in [-0.05, 0) is 6.92 Å². The molecule has 2 aromatic rings. The molecule has 2 rings (SSSR count). The molecule has 6 nitrogen and oxygen atoms in total. The molecule has 0 radical (unpaired) electrons. The summed E-state index contributed by atoms with van der Waals surface area (Å²) in [5, 5.41) is 8.28. The molecule has 0 amide bonds. The highest BCUT2D eigenvalue weighted by Gasteiger charge is 2.03. The topological polar surface area (TPSA) is 75.2 Å². The lowest BCUT2D eigenvalue weighted by atomic mass is 10.1. The molecular formula is C15H22N4O2. The van der Waals surface area contributed by atoms with Gasteiger partial charge in [0, 0.05) is 12.1 Å². The molecule has 0 saturated heterocycles. The van der Waals surface area contributed by atoms with E-state index in [2.05, 4.69) is 41.5 Å². The summed E-state index contributed by atoms with van der Waals surface area (Å²) < 4.78 is 12.5. The van der Waals surface area contributed by atoms with Crippen LogP contribution in [-0.2, 0) is 16.0 Å². The van der Waals surface area contributed by atoms with Gasteiger partial charge in [-0.15, -0.1) is 5.10 Å². The zero-order valence-corrected chi connectivity index (χ0v) is 12.4. The first kappa shape index (κ1) is 15.6. The van der Waals surface area contributed by atoms with Crippen LogP contribution in [-0.4, -0.2) is 48.0 Å². The first-order chi connectivity index (χ1) is 10.3. The fourth-order valence-corrected chi connectivity index (χ4v) is 1.83. The minimum atomic E-state index is 0.542. The van der Waals surface area contributed by atoms with E-state index in [1.807, 2.05) is 6.20 Å². The summed E-state index contributed by atoms with van der Waals surface area (Å²) in [5.74, 6) is 0. The molecule has 0 atom stereocenters. The Morgan fingerprint density at radius 3 is 2.48 bits per heavy atom. The lowest BCUT2D eigenvalue weighted by Crippen LogP contribution is -2.13. The van der Waals surface area contributed by atoms with Crippen molar-refractivity contribution in [3.8, 4) is 11.3 Å². The van der Waals surface area contributed by atoms with E-state index >= 15 is 0 Å². The number of hydrogen-bond donors (Lipinski definition) is 1. The standard InChI is InChI=1S/C15H22N4O2/c1-13-2-4-14(5-3-13)15-12-19(18-17-15)7-9-21-11-10-20-8-6-16/h2-5,12H,6-11,16H2,1H3. The molecule has 2 N–H and O–H groups in total. The van der Waals surface area contributed by atoms with E-state index in [1.165, 1.54) is 5.56 Å². The average Bonchev–Trinajstić information content (AvgIpc) is 2.96. The smallest absolute Gasteiger partial charge is 0.113 e. The van der Waals surface area contributed by atoms with Gasteiger partial charge in [-0.3, -0.25) is 0 Å². The molecule has 0 aliphatic rings. The summed E-state index contributed by atoms with van der Waals surface area (Å²) >= 11 is 0. The third-order valence-electron chi connectivity index (χ3n) is 2.98. The number of hydrogen-bond acceptors (Lipinski definition) is 5. The zero-order chi connectivity index (χ0) is 14.9. The summed E-state index contributed by atoms with van der Waals surface area (Å²) in [7, 11) is 0. The lowest BCUT2D eigenvalue weighted by molar-refractivity contribution is 0.0466. The number of nitrogens with zero attached hydrogens (tertiary/aromatic N) is 3. The molecule has 21 heavy (non-hydrogen) atoms. The minimum Gasteiger partial charge on any atom is -0.378 e. The van der Waals surface area contributed by atoms with Gasteiger partial charge in [0.05, 0.1) is 39.2 Å². The lowest BCUT2D eigenvalue weighted by Gasteiger charge is -2.04. The van der Waals surface area contributed by atoms with E-state index in [1.54, 1.807) is 4.68 Å². The predicted molar refractivity (Wildman–Crippen MR) is 80.9 cm³/mol. The summed E-state index contributed by atoms with van der Waals surface area (Å²) in [6.45, 7) is 5.59. The molecule has 0 fully saturated rings. The second kappa shape index (κ2) is 8.51. The third-order valence-corrected chi connectivity index (χ3v) is 2.98. The van der Waals surface area contributed by atoms with Crippen molar-refractivity contribution in [3.05, 3.63) is 36.0 Å². The Morgan fingerprint density at radius 2 is 1.76 bits per heavy atom. The van der Waals surface area contributed by atoms with E-state index < -0.39 is 0 Å². The molecule has 0 aliphatic heterocycles. The Balaban J connectivity index is 1.72. The van der Waals surface area contributed by atoms with Crippen molar-refractivity contribution < 1.29 is 9.47 Å². The molecule has 0 unspecified atom stereocenters. The van der Waals surface area contributed by atoms with E-state index in [9.17, 15) is 0 Å². The monoisotopic (exact) mass is 290 g/mol. The van der Waals surface area contributed by atoms with Crippen LogP contribution in [0.5, 0.6) is 0 Å². The second-order valence-corrected chi connectivity index (χ2v) is 4.75. The Kier molecular flexibility index (Phi) is 6.33. The summed E-state index contributed by atoms with van der Waals surface area (Å²) in [4.78, 5) is 0. The maximum absolute atomic E-state index is 5.46. The number of benzene rings is 1. The van der Waals surface area contributed by atoms with Gasteiger partial charge in [0.1, 0.15) is 5.69 Å². The molecule has 0 bridgehead atoms. The van der Waals surface area contributed by atoms with Gasteiger partial charge < -0.3 is 15.2 Å². The van der Waals surface area contributed by atoms with Crippen molar-refractivity contribution in [1.29, 1.82) is 0 Å². The molecular weight excluding hydrogens is 268 g/mol. The van der Waals surface area contributed by atoms with E-state index in [4.69, 9.17) is 15.2 Å². The highest BCUT2D eigenvalue weighted by molar-refractivity contribution is 5.57. The molecule has 0 aliphatic carbocycles. The number of ether oxygens (including phenoxy) is 2. The number of rotatable bonds is 9. The highest BCUT2D eigenvalue weighted by atomic mass is 16.5. The van der Waals surface area contributed by atoms with Crippen molar-refractivity contribution in [1.82, 2.24) is 15.0 Å². The van der Waals surface area contributed by atoms with E-state index in [0.717, 1.165) is 11.3 Å². The largest absolute Gasteiger partial charge is 0.378 e. The Morgan fingerprint density at radius 1 is 1.05 bits per heavy atom. The highest BCUT2D eigenvalue weighted by Crippen LogP contribution is 2.16. The second-order valence-electron chi connectivity index (χ2n) is 4.75. The van der Waals surface area contributed by atoms with Crippen molar-refractivity contribution in [2.45, 2.75) is 13.5 Å². The zero-order valence-electron chi connectivity index (χ0n) is 12.4. The first-order valence-electron chi connectivity index (χ1n) is 7.12. The van der Waals surface area contributed by atoms with Crippen molar-refractivity contribution in [2.75, 3.05) is 33.0 Å². The molecule has 1 aromatic heterocycles. The molecule has 1 aromatic carbocycles. The van der Waals surface area contributed by atoms with Crippen molar-refractivity contribution in [2.24, 2.45) is 5.73 Å². The molecule has 0 saturated carbocycles. The van der Waals surface area contributed by atoms with Gasteiger partial charge in [0.25, 0.3) is 0 Å². The average molecular weight is 290 g/mol. The number of aromatic nitrogens is 3. The van der Waals surface area contributed by atoms with Crippen LogP contribution in [0.3, 0.4) is 0 Å². The summed E-state index contributed by atoms with van der Waals surface area (Å²) in [6.07, 6.45) is 1.93. The van der Waals surface area contributed by atoms with Crippen LogP contribution in [0.25, 0.3) is 11.3 Å².